The van der Waals surface area contributed by atoms with Crippen LogP contribution in [0.5, 0.6) is 0 Å². The minimum absolute atomic E-state index is 0.0520. The fourth-order valence-corrected chi connectivity index (χ4v) is 2.72. The van der Waals surface area contributed by atoms with Crippen LogP contribution in [0.1, 0.15) is 36.7 Å². The fourth-order valence-electron chi connectivity index (χ4n) is 2.72. The highest BCUT2D eigenvalue weighted by atomic mass is 16.6. The largest absolute Gasteiger partial charge is 0.468 e. The van der Waals surface area contributed by atoms with E-state index in [0.717, 1.165) is 5.56 Å². The number of likely N-dealkylation sites (N-methyl/N-ethyl adjacent to an activating group) is 1. The number of nitrogens with zero attached hydrogens (tertiary/aromatic N) is 2. The molecule has 1 aromatic carbocycles. The van der Waals surface area contributed by atoms with E-state index in [1.807, 2.05) is 20.8 Å². The third kappa shape index (κ3) is 5.05. The molecule has 1 amide bonds. The van der Waals surface area contributed by atoms with E-state index in [4.69, 9.17) is 9.47 Å². The number of carbonyl (C=O) groups excluding carboxylic acids is 3. The molecule has 1 fully saturated rings. The number of ether oxygens (including phenoxy) is 2. The third-order valence-corrected chi connectivity index (χ3v) is 4.10. The van der Waals surface area contributed by atoms with E-state index < -0.39 is 11.6 Å². The Labute approximate surface area is 153 Å². The summed E-state index contributed by atoms with van der Waals surface area (Å²) in [5.41, 5.74) is 0.782. The number of piperazine rings is 1. The maximum atomic E-state index is 12.3. The van der Waals surface area contributed by atoms with Crippen LogP contribution >= 0.6 is 0 Å². The zero-order chi connectivity index (χ0) is 19.5. The summed E-state index contributed by atoms with van der Waals surface area (Å²) in [7, 11) is 3.07. The van der Waals surface area contributed by atoms with Gasteiger partial charge in [-0.25, -0.2) is 4.79 Å². The predicted octanol–water partition coefficient (Wildman–Crippen LogP) is 1.46. The lowest BCUT2D eigenvalue weighted by atomic mass is 10.1. The molecule has 0 aromatic heterocycles. The van der Waals surface area contributed by atoms with Crippen molar-refractivity contribution in [3.05, 3.63) is 35.4 Å². The molecule has 26 heavy (non-hydrogen) atoms. The van der Waals surface area contributed by atoms with Crippen LogP contribution in [0.25, 0.3) is 0 Å². The van der Waals surface area contributed by atoms with Crippen molar-refractivity contribution >= 4 is 17.8 Å². The van der Waals surface area contributed by atoms with Gasteiger partial charge in [-0.1, -0.05) is 12.1 Å². The first kappa shape index (κ1) is 19.9. The van der Waals surface area contributed by atoms with Crippen LogP contribution in [0.4, 0.5) is 0 Å². The number of hydrogen-bond acceptors (Lipinski definition) is 6. The molecule has 0 N–H and O–H groups in total. The van der Waals surface area contributed by atoms with E-state index in [1.54, 1.807) is 41.1 Å². The summed E-state index contributed by atoms with van der Waals surface area (Å²) in [6.45, 7) is 6.25. The molecule has 7 heteroatoms. The van der Waals surface area contributed by atoms with E-state index in [0.29, 0.717) is 12.1 Å². The van der Waals surface area contributed by atoms with Crippen LogP contribution in [0, 0.1) is 0 Å². The Bertz CT molecular complexity index is 678. The molecule has 0 saturated carbocycles. The van der Waals surface area contributed by atoms with E-state index in [1.165, 1.54) is 7.11 Å². The van der Waals surface area contributed by atoms with Crippen molar-refractivity contribution in [2.24, 2.45) is 0 Å². The van der Waals surface area contributed by atoms with Gasteiger partial charge in [0.1, 0.15) is 11.6 Å². The third-order valence-electron chi connectivity index (χ3n) is 4.10. The zero-order valence-electron chi connectivity index (χ0n) is 15.9. The Morgan fingerprint density at radius 2 is 1.81 bits per heavy atom. The molecule has 0 bridgehead atoms. The molecule has 1 unspecified atom stereocenters. The van der Waals surface area contributed by atoms with Crippen LogP contribution < -0.4 is 0 Å². The van der Waals surface area contributed by atoms with E-state index in [-0.39, 0.29) is 30.9 Å². The SMILES string of the molecule is COC(=O)C1CN(Cc2ccc(C(=O)OC(C)(C)C)cc2)C(=O)CN1C. The number of esters is 2. The molecular formula is C19H26N2O5. The smallest absolute Gasteiger partial charge is 0.338 e. The van der Waals surface area contributed by atoms with Gasteiger partial charge in [0, 0.05) is 13.1 Å². The molecule has 2 rings (SSSR count). The fraction of sp³-hybridized carbons (Fsp3) is 0.526. The van der Waals surface area contributed by atoms with Gasteiger partial charge in [-0.2, -0.15) is 0 Å². The first-order valence-electron chi connectivity index (χ1n) is 8.49. The number of rotatable bonds is 4. The highest BCUT2D eigenvalue weighted by Crippen LogP contribution is 2.16. The quantitative estimate of drug-likeness (QED) is 0.755. The summed E-state index contributed by atoms with van der Waals surface area (Å²) in [4.78, 5) is 39.5. The van der Waals surface area contributed by atoms with Gasteiger partial charge in [0.05, 0.1) is 19.2 Å². The summed E-state index contributed by atoms with van der Waals surface area (Å²) in [6.07, 6.45) is 0. The molecular weight excluding hydrogens is 336 g/mol. The first-order chi connectivity index (χ1) is 12.1. The van der Waals surface area contributed by atoms with Gasteiger partial charge in [-0.05, 0) is 45.5 Å². The van der Waals surface area contributed by atoms with Crippen LogP contribution in [0.15, 0.2) is 24.3 Å². The summed E-state index contributed by atoms with van der Waals surface area (Å²) >= 11 is 0. The van der Waals surface area contributed by atoms with Crippen LogP contribution in [-0.4, -0.2) is 66.5 Å². The summed E-state index contributed by atoms with van der Waals surface area (Å²) in [5, 5.41) is 0. The maximum Gasteiger partial charge on any atom is 0.338 e. The molecule has 1 aliphatic rings. The number of hydrogen-bond donors (Lipinski definition) is 0. The second-order valence-corrected chi connectivity index (χ2v) is 7.43. The highest BCUT2D eigenvalue weighted by molar-refractivity contribution is 5.89. The van der Waals surface area contributed by atoms with Crippen molar-refractivity contribution in [1.29, 1.82) is 0 Å². The molecule has 0 radical (unpaired) electrons. The first-order valence-corrected chi connectivity index (χ1v) is 8.49. The maximum absolute atomic E-state index is 12.3. The van der Waals surface area contributed by atoms with Crippen LogP contribution in [0.3, 0.4) is 0 Å². The van der Waals surface area contributed by atoms with Crippen molar-refractivity contribution in [2.75, 3.05) is 27.2 Å². The topological polar surface area (TPSA) is 76.1 Å². The Balaban J connectivity index is 2.04. The Kier molecular flexibility index (Phi) is 6.02. The summed E-state index contributed by atoms with van der Waals surface area (Å²) in [5.74, 6) is -0.792. The van der Waals surface area contributed by atoms with Gasteiger partial charge in [0.15, 0.2) is 0 Å². The summed E-state index contributed by atoms with van der Waals surface area (Å²) in [6, 6.07) is 6.47. The van der Waals surface area contributed by atoms with E-state index >= 15 is 0 Å². The lowest BCUT2D eigenvalue weighted by molar-refractivity contribution is -0.153. The Hall–Kier alpha value is -2.41. The van der Waals surface area contributed by atoms with Gasteiger partial charge in [0.25, 0.3) is 0 Å². The van der Waals surface area contributed by atoms with Gasteiger partial charge in [0.2, 0.25) is 5.91 Å². The van der Waals surface area contributed by atoms with Crippen molar-refractivity contribution in [3.63, 3.8) is 0 Å². The average Bonchev–Trinajstić information content (AvgIpc) is 2.55. The van der Waals surface area contributed by atoms with Crippen LogP contribution in [-0.2, 0) is 25.6 Å². The molecule has 1 saturated heterocycles. The van der Waals surface area contributed by atoms with Gasteiger partial charge < -0.3 is 14.4 Å². The number of carbonyl (C=O) groups is 3. The molecule has 0 aliphatic carbocycles. The molecule has 142 valence electrons. The number of benzene rings is 1. The van der Waals surface area contributed by atoms with Crippen molar-refractivity contribution in [3.8, 4) is 0 Å². The molecule has 1 aromatic rings. The minimum atomic E-state index is -0.551. The normalized spacial score (nSPS) is 18.6. The zero-order valence-corrected chi connectivity index (χ0v) is 15.9. The van der Waals surface area contributed by atoms with E-state index in [2.05, 4.69) is 0 Å². The predicted molar refractivity (Wildman–Crippen MR) is 95.5 cm³/mol. The van der Waals surface area contributed by atoms with Gasteiger partial charge in [-0.3, -0.25) is 14.5 Å². The van der Waals surface area contributed by atoms with Gasteiger partial charge in [-0.15, -0.1) is 0 Å². The number of amides is 1. The lowest BCUT2D eigenvalue weighted by Crippen LogP contribution is -2.57. The lowest BCUT2D eigenvalue weighted by Gasteiger charge is -2.37. The highest BCUT2D eigenvalue weighted by Gasteiger charge is 2.34. The molecule has 7 nitrogen and oxygen atoms in total. The van der Waals surface area contributed by atoms with Gasteiger partial charge >= 0.3 is 11.9 Å². The second kappa shape index (κ2) is 7.86. The molecule has 1 atom stereocenters. The molecule has 1 heterocycles. The average molecular weight is 362 g/mol. The minimum Gasteiger partial charge on any atom is -0.468 e. The van der Waals surface area contributed by atoms with Crippen molar-refractivity contribution in [2.45, 2.75) is 39.0 Å². The van der Waals surface area contributed by atoms with E-state index in [9.17, 15) is 14.4 Å². The summed E-state index contributed by atoms with van der Waals surface area (Å²) < 4.78 is 10.1. The monoisotopic (exact) mass is 362 g/mol. The molecule has 0 spiro atoms. The standard InChI is InChI=1S/C19H26N2O5/c1-19(2,3)26-17(23)14-8-6-13(7-9-14)10-21-11-15(18(24)25-5)20(4)12-16(21)22/h6-9,15H,10-12H2,1-5H3. The van der Waals surface area contributed by atoms with Crippen molar-refractivity contribution < 1.29 is 23.9 Å². The second-order valence-electron chi connectivity index (χ2n) is 7.43. The molecule has 1 aliphatic heterocycles. The Morgan fingerprint density at radius 1 is 1.19 bits per heavy atom. The number of methoxy groups -OCH3 is 1. The Morgan fingerprint density at radius 3 is 2.35 bits per heavy atom. The van der Waals surface area contributed by atoms with Crippen LogP contribution in [0.2, 0.25) is 0 Å². The van der Waals surface area contributed by atoms with Crippen molar-refractivity contribution in [1.82, 2.24) is 9.80 Å².